The van der Waals surface area contributed by atoms with Crippen LogP contribution in [0.2, 0.25) is 0 Å². The molecular formula is C25H26O3. The minimum atomic E-state index is -0.746. The van der Waals surface area contributed by atoms with Crippen LogP contribution >= 0.6 is 0 Å². The number of aliphatic hydroxyl groups excluding tert-OH is 1. The lowest BCUT2D eigenvalue weighted by Gasteiger charge is -2.36. The Hall–Kier alpha value is -2.46. The van der Waals surface area contributed by atoms with E-state index in [1.807, 2.05) is 61.5 Å². The molecule has 0 bridgehead atoms. The SMILES string of the molecule is C[C@H]1O[C@H](COC(c2ccccc2)(c2ccccc2)c2ccccc2)C[C@H]1O. The van der Waals surface area contributed by atoms with Crippen molar-refractivity contribution in [2.24, 2.45) is 0 Å². The lowest BCUT2D eigenvalue weighted by atomic mass is 9.80. The van der Waals surface area contributed by atoms with E-state index in [0.717, 1.165) is 16.7 Å². The summed E-state index contributed by atoms with van der Waals surface area (Å²) in [7, 11) is 0. The highest BCUT2D eigenvalue weighted by Crippen LogP contribution is 2.41. The second-order valence-electron chi connectivity index (χ2n) is 7.36. The van der Waals surface area contributed by atoms with Crippen molar-refractivity contribution >= 4 is 0 Å². The molecule has 1 N–H and O–H groups in total. The van der Waals surface area contributed by atoms with Gasteiger partial charge in [0.05, 0.1) is 24.9 Å². The smallest absolute Gasteiger partial charge is 0.143 e. The molecule has 28 heavy (non-hydrogen) atoms. The Kier molecular flexibility index (Phi) is 5.58. The van der Waals surface area contributed by atoms with Crippen molar-refractivity contribution in [3.05, 3.63) is 108 Å². The van der Waals surface area contributed by atoms with Gasteiger partial charge in [-0.1, -0.05) is 91.0 Å². The molecule has 4 rings (SSSR count). The molecule has 1 saturated heterocycles. The van der Waals surface area contributed by atoms with Crippen molar-refractivity contribution in [1.29, 1.82) is 0 Å². The van der Waals surface area contributed by atoms with Crippen molar-refractivity contribution in [2.45, 2.75) is 37.3 Å². The summed E-state index contributed by atoms with van der Waals surface area (Å²) in [4.78, 5) is 0. The molecule has 1 heterocycles. The van der Waals surface area contributed by atoms with Gasteiger partial charge < -0.3 is 14.6 Å². The van der Waals surface area contributed by atoms with Crippen molar-refractivity contribution in [2.75, 3.05) is 6.61 Å². The third-order valence-electron chi connectivity index (χ3n) is 5.48. The number of ether oxygens (including phenoxy) is 2. The molecule has 3 atom stereocenters. The van der Waals surface area contributed by atoms with Gasteiger partial charge in [0.2, 0.25) is 0 Å². The molecule has 1 aliphatic rings. The summed E-state index contributed by atoms with van der Waals surface area (Å²) in [5, 5.41) is 10.1. The van der Waals surface area contributed by atoms with Crippen LogP contribution in [0.1, 0.15) is 30.0 Å². The van der Waals surface area contributed by atoms with Crippen LogP contribution in [0.4, 0.5) is 0 Å². The summed E-state index contributed by atoms with van der Waals surface area (Å²) >= 11 is 0. The lowest BCUT2D eigenvalue weighted by Crippen LogP contribution is -2.35. The predicted octanol–water partition coefficient (Wildman–Crippen LogP) is 4.53. The third-order valence-corrected chi connectivity index (χ3v) is 5.48. The molecule has 0 aromatic heterocycles. The van der Waals surface area contributed by atoms with Gasteiger partial charge >= 0.3 is 0 Å². The Bertz CT molecular complexity index is 757. The normalized spacial score (nSPS) is 22.3. The van der Waals surface area contributed by atoms with E-state index < -0.39 is 11.7 Å². The van der Waals surface area contributed by atoms with Crippen LogP contribution in [0.3, 0.4) is 0 Å². The topological polar surface area (TPSA) is 38.7 Å². The Balaban J connectivity index is 1.79. The van der Waals surface area contributed by atoms with Crippen molar-refractivity contribution in [3.63, 3.8) is 0 Å². The van der Waals surface area contributed by atoms with Gasteiger partial charge in [-0.05, 0) is 23.6 Å². The highest BCUT2D eigenvalue weighted by molar-refractivity contribution is 5.47. The molecular weight excluding hydrogens is 348 g/mol. The van der Waals surface area contributed by atoms with E-state index in [4.69, 9.17) is 9.47 Å². The molecule has 0 spiro atoms. The zero-order chi connectivity index (χ0) is 19.4. The van der Waals surface area contributed by atoms with E-state index >= 15 is 0 Å². The van der Waals surface area contributed by atoms with Crippen LogP contribution in [0, 0.1) is 0 Å². The van der Waals surface area contributed by atoms with E-state index in [1.165, 1.54) is 0 Å². The van der Waals surface area contributed by atoms with Gasteiger partial charge in [-0.3, -0.25) is 0 Å². The summed E-state index contributed by atoms with van der Waals surface area (Å²) in [6.45, 7) is 2.31. The fourth-order valence-corrected chi connectivity index (χ4v) is 4.00. The fourth-order valence-electron chi connectivity index (χ4n) is 4.00. The van der Waals surface area contributed by atoms with Gasteiger partial charge in [-0.15, -0.1) is 0 Å². The maximum absolute atomic E-state index is 10.1. The number of benzene rings is 3. The second kappa shape index (κ2) is 8.27. The van der Waals surface area contributed by atoms with Crippen LogP contribution in [-0.4, -0.2) is 30.0 Å². The third kappa shape index (κ3) is 3.61. The van der Waals surface area contributed by atoms with Gasteiger partial charge in [0, 0.05) is 6.42 Å². The lowest BCUT2D eigenvalue weighted by molar-refractivity contribution is -0.0618. The van der Waals surface area contributed by atoms with Crippen molar-refractivity contribution < 1.29 is 14.6 Å². The molecule has 0 radical (unpaired) electrons. The zero-order valence-corrected chi connectivity index (χ0v) is 16.1. The van der Waals surface area contributed by atoms with Crippen molar-refractivity contribution in [3.8, 4) is 0 Å². The average molecular weight is 374 g/mol. The summed E-state index contributed by atoms with van der Waals surface area (Å²) in [5.41, 5.74) is 2.46. The average Bonchev–Trinajstić information content (AvgIpc) is 3.08. The summed E-state index contributed by atoms with van der Waals surface area (Å²) in [5.74, 6) is 0. The van der Waals surface area contributed by atoms with E-state index in [2.05, 4.69) is 36.4 Å². The maximum atomic E-state index is 10.1. The predicted molar refractivity (Wildman–Crippen MR) is 110 cm³/mol. The van der Waals surface area contributed by atoms with E-state index in [1.54, 1.807) is 0 Å². The first-order valence-electron chi connectivity index (χ1n) is 9.84. The van der Waals surface area contributed by atoms with Crippen LogP contribution in [0.5, 0.6) is 0 Å². The number of rotatable bonds is 6. The molecule has 144 valence electrons. The summed E-state index contributed by atoms with van der Waals surface area (Å²) in [6.07, 6.45) is -0.128. The van der Waals surface area contributed by atoms with E-state index in [-0.39, 0.29) is 12.2 Å². The zero-order valence-electron chi connectivity index (χ0n) is 16.1. The van der Waals surface area contributed by atoms with Gasteiger partial charge in [0.1, 0.15) is 5.60 Å². The largest absolute Gasteiger partial charge is 0.390 e. The van der Waals surface area contributed by atoms with Crippen LogP contribution in [0.25, 0.3) is 0 Å². The molecule has 1 aliphatic heterocycles. The molecule has 0 unspecified atom stereocenters. The van der Waals surface area contributed by atoms with Gasteiger partial charge in [0.15, 0.2) is 0 Å². The summed E-state index contributed by atoms with van der Waals surface area (Å²) in [6, 6.07) is 30.9. The van der Waals surface area contributed by atoms with Crippen molar-refractivity contribution in [1.82, 2.24) is 0 Å². The van der Waals surface area contributed by atoms with Crippen LogP contribution < -0.4 is 0 Å². The molecule has 1 fully saturated rings. The first-order chi connectivity index (χ1) is 13.7. The van der Waals surface area contributed by atoms with Gasteiger partial charge in [0.25, 0.3) is 0 Å². The molecule has 3 aromatic rings. The minimum Gasteiger partial charge on any atom is -0.390 e. The molecule has 0 aliphatic carbocycles. The number of hydrogen-bond donors (Lipinski definition) is 1. The Labute approximate surface area is 166 Å². The minimum absolute atomic E-state index is 0.125. The quantitative estimate of drug-likeness (QED) is 0.644. The molecule has 0 amide bonds. The first-order valence-corrected chi connectivity index (χ1v) is 9.84. The Morgan fingerprint density at radius 2 is 1.25 bits per heavy atom. The number of hydrogen-bond acceptors (Lipinski definition) is 3. The second-order valence-corrected chi connectivity index (χ2v) is 7.36. The highest BCUT2D eigenvalue weighted by Gasteiger charge is 2.40. The molecule has 3 heteroatoms. The number of aliphatic hydroxyl groups is 1. The fraction of sp³-hybridized carbons (Fsp3) is 0.280. The maximum Gasteiger partial charge on any atom is 0.143 e. The van der Waals surface area contributed by atoms with E-state index in [9.17, 15) is 5.11 Å². The van der Waals surface area contributed by atoms with Crippen LogP contribution in [-0.2, 0) is 15.1 Å². The standard InChI is InChI=1S/C25H26O3/c1-19-24(26)17-23(28-19)18-27-25(20-11-5-2-6-12-20,21-13-7-3-8-14-21)22-15-9-4-10-16-22/h2-16,19,23-24,26H,17-18H2,1H3/t19-,23+,24-/m1/s1. The van der Waals surface area contributed by atoms with Crippen LogP contribution in [0.15, 0.2) is 91.0 Å². The Morgan fingerprint density at radius 3 is 1.61 bits per heavy atom. The Morgan fingerprint density at radius 1 is 0.821 bits per heavy atom. The molecule has 3 nitrogen and oxygen atoms in total. The summed E-state index contributed by atoms with van der Waals surface area (Å²) < 4.78 is 12.6. The molecule has 0 saturated carbocycles. The molecule has 3 aromatic carbocycles. The first kappa shape index (κ1) is 18.9. The van der Waals surface area contributed by atoms with Gasteiger partial charge in [-0.2, -0.15) is 0 Å². The van der Waals surface area contributed by atoms with Gasteiger partial charge in [-0.25, -0.2) is 0 Å². The highest BCUT2D eigenvalue weighted by atomic mass is 16.6. The van der Waals surface area contributed by atoms with E-state index in [0.29, 0.717) is 13.0 Å². The monoisotopic (exact) mass is 374 g/mol.